The van der Waals surface area contributed by atoms with E-state index in [0.717, 1.165) is 31.4 Å². The summed E-state index contributed by atoms with van der Waals surface area (Å²) in [5.74, 6) is 1.51. The molecule has 1 heterocycles. The second-order valence-electron chi connectivity index (χ2n) is 8.55. The molecule has 0 saturated carbocycles. The molecule has 0 fully saturated rings. The summed E-state index contributed by atoms with van der Waals surface area (Å²) in [7, 11) is 0. The standard InChI is InChI=1S/C28H28O/c1-20(2)26-19-21-11-9-10-16-24(21)27-25(26)17-18-28(29-27,22-12-5-3-6-13-22)23-14-7-4-8-15-23/h3,5-7,10,12-20H,4,8-9,11H2,1-2H3. The summed E-state index contributed by atoms with van der Waals surface area (Å²) in [5.41, 5.74) is 7.17. The zero-order valence-electron chi connectivity index (χ0n) is 17.3. The lowest BCUT2D eigenvalue weighted by Crippen LogP contribution is -2.35. The molecular formula is C28H28O. The molecule has 2 aliphatic carbocycles. The van der Waals surface area contributed by atoms with Gasteiger partial charge in [-0.1, -0.05) is 86.7 Å². The average Bonchev–Trinajstić information content (AvgIpc) is 2.79. The molecule has 5 rings (SSSR count). The Bertz CT molecular complexity index is 1050. The van der Waals surface area contributed by atoms with Gasteiger partial charge in [-0.15, -0.1) is 0 Å². The highest BCUT2D eigenvalue weighted by molar-refractivity contribution is 5.77. The minimum Gasteiger partial charge on any atom is -0.472 e. The second-order valence-corrected chi connectivity index (χ2v) is 8.55. The first-order valence-corrected chi connectivity index (χ1v) is 10.9. The quantitative estimate of drug-likeness (QED) is 0.541. The number of ether oxygens (including phenoxy) is 1. The summed E-state index contributed by atoms with van der Waals surface area (Å²) in [6.45, 7) is 4.56. The van der Waals surface area contributed by atoms with Crippen molar-refractivity contribution >= 4 is 12.2 Å². The van der Waals surface area contributed by atoms with E-state index in [9.17, 15) is 0 Å². The smallest absolute Gasteiger partial charge is 0.177 e. The Morgan fingerprint density at radius 1 is 0.897 bits per heavy atom. The first-order chi connectivity index (χ1) is 14.2. The van der Waals surface area contributed by atoms with E-state index in [1.54, 1.807) is 0 Å². The van der Waals surface area contributed by atoms with Crippen LogP contribution in [-0.4, -0.2) is 0 Å². The zero-order chi connectivity index (χ0) is 19.8. The van der Waals surface area contributed by atoms with E-state index in [1.165, 1.54) is 33.4 Å². The van der Waals surface area contributed by atoms with Crippen LogP contribution < -0.4 is 4.74 Å². The van der Waals surface area contributed by atoms with Crippen molar-refractivity contribution in [2.24, 2.45) is 0 Å². The Kier molecular flexibility index (Phi) is 4.54. The van der Waals surface area contributed by atoms with E-state index in [1.807, 2.05) is 0 Å². The number of fused-ring (bicyclic) bond motifs is 3. The molecule has 0 spiro atoms. The van der Waals surface area contributed by atoms with Gasteiger partial charge in [0.05, 0.1) is 0 Å². The van der Waals surface area contributed by atoms with Gasteiger partial charge in [0.15, 0.2) is 5.60 Å². The highest BCUT2D eigenvalue weighted by Crippen LogP contribution is 2.48. The molecule has 2 aromatic rings. The van der Waals surface area contributed by atoms with Gasteiger partial charge in [0, 0.05) is 16.7 Å². The van der Waals surface area contributed by atoms with E-state index in [2.05, 4.69) is 92.8 Å². The molecule has 1 atom stereocenters. The molecule has 0 bridgehead atoms. The van der Waals surface area contributed by atoms with Crippen LogP contribution in [0.2, 0.25) is 0 Å². The van der Waals surface area contributed by atoms with Crippen LogP contribution in [0.5, 0.6) is 5.75 Å². The maximum atomic E-state index is 7.08. The fourth-order valence-corrected chi connectivity index (χ4v) is 4.80. The van der Waals surface area contributed by atoms with E-state index in [4.69, 9.17) is 4.74 Å². The molecule has 1 heteroatoms. The van der Waals surface area contributed by atoms with Crippen LogP contribution in [0, 0.1) is 0 Å². The van der Waals surface area contributed by atoms with Crippen LogP contribution in [0.15, 0.2) is 72.4 Å². The van der Waals surface area contributed by atoms with Crippen LogP contribution >= 0.6 is 0 Å². The molecule has 1 nitrogen and oxygen atoms in total. The summed E-state index contributed by atoms with van der Waals surface area (Å²) in [4.78, 5) is 0. The van der Waals surface area contributed by atoms with Crippen molar-refractivity contribution in [3.8, 4) is 5.75 Å². The predicted octanol–water partition coefficient (Wildman–Crippen LogP) is 7.35. The Balaban J connectivity index is 1.75. The summed E-state index contributed by atoms with van der Waals surface area (Å²) < 4.78 is 7.08. The third-order valence-corrected chi connectivity index (χ3v) is 6.34. The Morgan fingerprint density at radius 3 is 2.48 bits per heavy atom. The summed E-state index contributed by atoms with van der Waals surface area (Å²) in [5, 5.41) is 0. The number of aryl methyl sites for hydroxylation is 1. The van der Waals surface area contributed by atoms with Crippen molar-refractivity contribution in [1.82, 2.24) is 0 Å². The molecule has 1 aliphatic heterocycles. The molecule has 29 heavy (non-hydrogen) atoms. The normalized spacial score (nSPS) is 22.1. The maximum Gasteiger partial charge on any atom is 0.177 e. The molecule has 0 aromatic heterocycles. The summed E-state index contributed by atoms with van der Waals surface area (Å²) >= 11 is 0. The van der Waals surface area contributed by atoms with E-state index in [-0.39, 0.29) is 0 Å². The Labute approximate surface area is 174 Å². The Hall–Kier alpha value is -2.80. The van der Waals surface area contributed by atoms with Gasteiger partial charge in [0.25, 0.3) is 0 Å². The lowest BCUT2D eigenvalue weighted by molar-refractivity contribution is 0.158. The van der Waals surface area contributed by atoms with Crippen LogP contribution in [0.4, 0.5) is 0 Å². The third-order valence-electron chi connectivity index (χ3n) is 6.34. The van der Waals surface area contributed by atoms with Gasteiger partial charge < -0.3 is 4.74 Å². The SMILES string of the molecule is CC(C)c1cc2c(c3c1C=CC(C1=CCCC=C1)(c1ccccc1)O3)C=CCC2. The minimum atomic E-state index is -0.570. The van der Waals surface area contributed by atoms with Crippen LogP contribution in [0.25, 0.3) is 12.2 Å². The number of allylic oxidation sites excluding steroid dienone is 3. The van der Waals surface area contributed by atoms with Crippen molar-refractivity contribution < 1.29 is 4.74 Å². The molecule has 0 amide bonds. The monoisotopic (exact) mass is 380 g/mol. The van der Waals surface area contributed by atoms with Crippen LogP contribution in [0.3, 0.4) is 0 Å². The summed E-state index contributed by atoms with van der Waals surface area (Å²) in [6.07, 6.45) is 20.4. The first kappa shape index (κ1) is 18.2. The number of hydrogen-bond donors (Lipinski definition) is 0. The molecular weight excluding hydrogens is 352 g/mol. The average molecular weight is 381 g/mol. The van der Waals surface area contributed by atoms with Gasteiger partial charge in [-0.25, -0.2) is 0 Å². The topological polar surface area (TPSA) is 9.23 Å². The van der Waals surface area contributed by atoms with Crippen molar-refractivity contribution in [3.05, 3.63) is 100 Å². The maximum absolute atomic E-state index is 7.08. The fraction of sp³-hybridized carbons (Fsp3) is 0.286. The van der Waals surface area contributed by atoms with E-state index >= 15 is 0 Å². The van der Waals surface area contributed by atoms with E-state index in [0.29, 0.717) is 5.92 Å². The highest BCUT2D eigenvalue weighted by atomic mass is 16.5. The van der Waals surface area contributed by atoms with Crippen LogP contribution in [-0.2, 0) is 12.0 Å². The highest BCUT2D eigenvalue weighted by Gasteiger charge is 2.39. The van der Waals surface area contributed by atoms with Crippen molar-refractivity contribution in [1.29, 1.82) is 0 Å². The summed E-state index contributed by atoms with van der Waals surface area (Å²) in [6, 6.07) is 13.1. The lowest BCUT2D eigenvalue weighted by atomic mass is 9.79. The van der Waals surface area contributed by atoms with Gasteiger partial charge in [-0.05, 0) is 54.4 Å². The number of hydrogen-bond acceptors (Lipinski definition) is 1. The van der Waals surface area contributed by atoms with Gasteiger partial charge in [-0.2, -0.15) is 0 Å². The molecule has 0 N–H and O–H groups in total. The van der Waals surface area contributed by atoms with E-state index < -0.39 is 5.60 Å². The molecule has 0 radical (unpaired) electrons. The zero-order valence-corrected chi connectivity index (χ0v) is 17.3. The molecule has 0 saturated heterocycles. The Morgan fingerprint density at radius 2 is 1.72 bits per heavy atom. The second kappa shape index (κ2) is 7.22. The van der Waals surface area contributed by atoms with Gasteiger partial charge >= 0.3 is 0 Å². The largest absolute Gasteiger partial charge is 0.472 e. The van der Waals surface area contributed by atoms with Crippen LogP contribution in [0.1, 0.15) is 66.8 Å². The fourth-order valence-electron chi connectivity index (χ4n) is 4.80. The molecule has 146 valence electrons. The van der Waals surface area contributed by atoms with Gasteiger partial charge in [0.2, 0.25) is 0 Å². The molecule has 2 aromatic carbocycles. The van der Waals surface area contributed by atoms with Crippen molar-refractivity contribution in [3.63, 3.8) is 0 Å². The third kappa shape index (κ3) is 3.00. The van der Waals surface area contributed by atoms with Crippen molar-refractivity contribution in [2.45, 2.75) is 51.0 Å². The van der Waals surface area contributed by atoms with Gasteiger partial charge in [-0.3, -0.25) is 0 Å². The molecule has 3 aliphatic rings. The predicted molar refractivity (Wildman–Crippen MR) is 122 cm³/mol. The molecule has 1 unspecified atom stereocenters. The lowest BCUT2D eigenvalue weighted by Gasteiger charge is -2.39. The number of benzene rings is 2. The van der Waals surface area contributed by atoms with Crippen molar-refractivity contribution in [2.75, 3.05) is 0 Å². The number of rotatable bonds is 3. The first-order valence-electron chi connectivity index (χ1n) is 10.9. The minimum absolute atomic E-state index is 0.464. The van der Waals surface area contributed by atoms with Gasteiger partial charge in [0.1, 0.15) is 5.75 Å².